The highest BCUT2D eigenvalue weighted by Gasteiger charge is 2.27. The van der Waals surface area contributed by atoms with Crippen LogP contribution in [0.3, 0.4) is 0 Å². The van der Waals surface area contributed by atoms with E-state index in [9.17, 15) is 23.3 Å². The number of anilines is 1. The maximum Gasteiger partial charge on any atom is 0.269 e. The first-order valence-corrected chi connectivity index (χ1v) is 9.27. The van der Waals surface area contributed by atoms with Gasteiger partial charge in [0, 0.05) is 18.2 Å². The first-order valence-electron chi connectivity index (χ1n) is 7.83. The van der Waals surface area contributed by atoms with Gasteiger partial charge in [0.05, 0.1) is 15.5 Å². The van der Waals surface area contributed by atoms with E-state index >= 15 is 0 Å². The molecule has 0 aliphatic rings. The highest BCUT2D eigenvalue weighted by atomic mass is 32.2. The molecule has 0 aromatic heterocycles. The molecule has 0 heterocycles. The third-order valence-corrected chi connectivity index (χ3v) is 5.20. The molecule has 2 aromatic rings. The van der Waals surface area contributed by atoms with Crippen LogP contribution in [0.1, 0.15) is 13.8 Å². The summed E-state index contributed by atoms with van der Waals surface area (Å²) in [6.45, 7) is 3.09. The predicted molar refractivity (Wildman–Crippen MR) is 97.3 cm³/mol. The first-order chi connectivity index (χ1) is 12.2. The minimum atomic E-state index is -4.02. The Labute approximate surface area is 151 Å². The molecule has 0 unspecified atom stereocenters. The molecule has 2 aromatic carbocycles. The standard InChI is InChI=1S/C17H19N3O5S/c1-13(2)18-17(21)12-19(14-8-10-15(11-9-14)20(22)23)26(24,25)16-6-4-3-5-7-16/h3-11,13H,12H2,1-2H3,(H,18,21). The van der Waals surface area contributed by atoms with Crippen LogP contribution in [0.5, 0.6) is 0 Å². The van der Waals surface area contributed by atoms with Crippen molar-refractivity contribution in [1.29, 1.82) is 0 Å². The van der Waals surface area contributed by atoms with Gasteiger partial charge in [-0.3, -0.25) is 19.2 Å². The van der Waals surface area contributed by atoms with Crippen molar-refractivity contribution >= 4 is 27.3 Å². The van der Waals surface area contributed by atoms with Crippen LogP contribution in [-0.4, -0.2) is 31.8 Å². The third kappa shape index (κ3) is 4.57. The monoisotopic (exact) mass is 377 g/mol. The van der Waals surface area contributed by atoms with Gasteiger partial charge in [-0.25, -0.2) is 8.42 Å². The van der Waals surface area contributed by atoms with E-state index in [1.807, 2.05) is 0 Å². The van der Waals surface area contributed by atoms with E-state index in [1.54, 1.807) is 32.0 Å². The third-order valence-electron chi connectivity index (χ3n) is 3.42. The Balaban J connectivity index is 2.45. The molecule has 1 amide bonds. The fraction of sp³-hybridized carbons (Fsp3) is 0.235. The highest BCUT2D eigenvalue weighted by molar-refractivity contribution is 7.92. The lowest BCUT2D eigenvalue weighted by atomic mass is 10.3. The lowest BCUT2D eigenvalue weighted by Crippen LogP contribution is -2.42. The van der Waals surface area contributed by atoms with Gasteiger partial charge < -0.3 is 5.32 Å². The number of carbonyl (C=O) groups excluding carboxylic acids is 1. The molecule has 8 nitrogen and oxygen atoms in total. The van der Waals surface area contributed by atoms with Crippen molar-refractivity contribution in [2.24, 2.45) is 0 Å². The van der Waals surface area contributed by atoms with Gasteiger partial charge in [0.2, 0.25) is 5.91 Å². The molecule has 0 bridgehead atoms. The minimum absolute atomic E-state index is 0.0238. The van der Waals surface area contributed by atoms with Crippen LogP contribution < -0.4 is 9.62 Å². The lowest BCUT2D eigenvalue weighted by molar-refractivity contribution is -0.384. The summed E-state index contributed by atoms with van der Waals surface area (Å²) >= 11 is 0. The van der Waals surface area contributed by atoms with Crippen molar-refractivity contribution < 1.29 is 18.1 Å². The van der Waals surface area contributed by atoms with E-state index in [0.717, 1.165) is 4.31 Å². The van der Waals surface area contributed by atoms with Gasteiger partial charge in [-0.2, -0.15) is 0 Å². The molecule has 0 saturated carbocycles. The summed E-state index contributed by atoms with van der Waals surface area (Å²) in [4.78, 5) is 22.4. The second kappa shape index (κ2) is 7.96. The SMILES string of the molecule is CC(C)NC(=O)CN(c1ccc([N+](=O)[O-])cc1)S(=O)(=O)c1ccccc1. The number of nitrogens with one attached hydrogen (secondary N) is 1. The number of benzene rings is 2. The number of carbonyl (C=O) groups is 1. The second-order valence-corrected chi connectivity index (χ2v) is 7.68. The van der Waals surface area contributed by atoms with Crippen molar-refractivity contribution in [3.8, 4) is 0 Å². The molecule has 0 atom stereocenters. The Kier molecular flexibility index (Phi) is 5.93. The molecule has 1 N–H and O–H groups in total. The summed E-state index contributed by atoms with van der Waals surface area (Å²) in [5.41, 5.74) is -0.00389. The van der Waals surface area contributed by atoms with E-state index in [4.69, 9.17) is 0 Å². The average Bonchev–Trinajstić information content (AvgIpc) is 2.60. The number of amides is 1. The Bertz CT molecular complexity index is 880. The summed E-state index contributed by atoms with van der Waals surface area (Å²) in [6.07, 6.45) is 0. The molecular formula is C17H19N3O5S. The zero-order valence-electron chi connectivity index (χ0n) is 14.3. The minimum Gasteiger partial charge on any atom is -0.352 e. The van der Waals surface area contributed by atoms with Gasteiger partial charge in [-0.1, -0.05) is 18.2 Å². The van der Waals surface area contributed by atoms with Crippen molar-refractivity contribution in [2.75, 3.05) is 10.8 Å². The van der Waals surface area contributed by atoms with Crippen LogP contribution in [0.25, 0.3) is 0 Å². The van der Waals surface area contributed by atoms with E-state index in [0.29, 0.717) is 0 Å². The maximum absolute atomic E-state index is 13.0. The number of nitrogens with zero attached hydrogens (tertiary/aromatic N) is 2. The second-order valence-electron chi connectivity index (χ2n) is 5.82. The molecule has 0 aliphatic heterocycles. The zero-order valence-corrected chi connectivity index (χ0v) is 15.1. The number of nitro benzene ring substituents is 1. The number of sulfonamides is 1. The van der Waals surface area contributed by atoms with Crippen LogP contribution in [0, 0.1) is 10.1 Å². The molecule has 0 aliphatic carbocycles. The molecule has 0 radical (unpaired) electrons. The summed E-state index contributed by atoms with van der Waals surface area (Å²) in [6, 6.07) is 12.5. The largest absolute Gasteiger partial charge is 0.352 e. The molecule has 26 heavy (non-hydrogen) atoms. The summed E-state index contributed by atoms with van der Waals surface area (Å²) in [5, 5.41) is 13.5. The van der Waals surface area contributed by atoms with Crippen LogP contribution in [0.15, 0.2) is 59.5 Å². The van der Waals surface area contributed by atoms with Crippen molar-refractivity contribution in [1.82, 2.24) is 5.32 Å². The molecule has 0 fully saturated rings. The topological polar surface area (TPSA) is 110 Å². The Hall–Kier alpha value is -2.94. The van der Waals surface area contributed by atoms with Gasteiger partial charge >= 0.3 is 0 Å². The fourth-order valence-electron chi connectivity index (χ4n) is 2.27. The van der Waals surface area contributed by atoms with E-state index in [1.165, 1.54) is 36.4 Å². The van der Waals surface area contributed by atoms with Crippen LogP contribution in [-0.2, 0) is 14.8 Å². The molecule has 2 rings (SSSR count). The number of rotatable bonds is 7. The summed E-state index contributed by atoms with van der Waals surface area (Å²) in [7, 11) is -4.02. The van der Waals surface area contributed by atoms with Gasteiger partial charge in [0.1, 0.15) is 6.54 Å². The van der Waals surface area contributed by atoms with Crippen molar-refractivity contribution in [3.63, 3.8) is 0 Å². The predicted octanol–water partition coefficient (Wildman–Crippen LogP) is 2.31. The molecule has 0 spiro atoms. The normalized spacial score (nSPS) is 11.2. The van der Waals surface area contributed by atoms with Crippen molar-refractivity contribution in [3.05, 3.63) is 64.7 Å². The maximum atomic E-state index is 13.0. The van der Waals surface area contributed by atoms with Gasteiger partial charge in [-0.15, -0.1) is 0 Å². The Morgan fingerprint density at radius 3 is 2.19 bits per heavy atom. The summed E-state index contributed by atoms with van der Waals surface area (Å²) in [5.74, 6) is -0.474. The number of hydrogen-bond donors (Lipinski definition) is 1. The Morgan fingerprint density at radius 1 is 1.12 bits per heavy atom. The zero-order chi connectivity index (χ0) is 19.3. The van der Waals surface area contributed by atoms with Crippen LogP contribution in [0.2, 0.25) is 0 Å². The average molecular weight is 377 g/mol. The van der Waals surface area contributed by atoms with Gasteiger partial charge in [-0.05, 0) is 38.1 Å². The highest BCUT2D eigenvalue weighted by Crippen LogP contribution is 2.25. The number of hydrogen-bond acceptors (Lipinski definition) is 5. The number of nitro groups is 1. The number of non-ortho nitro benzene ring substituents is 1. The molecular weight excluding hydrogens is 358 g/mol. The van der Waals surface area contributed by atoms with Crippen molar-refractivity contribution in [2.45, 2.75) is 24.8 Å². The summed E-state index contributed by atoms with van der Waals surface area (Å²) < 4.78 is 26.9. The molecule has 138 valence electrons. The fourth-order valence-corrected chi connectivity index (χ4v) is 3.72. The van der Waals surface area contributed by atoms with Crippen LogP contribution in [0.4, 0.5) is 11.4 Å². The van der Waals surface area contributed by atoms with E-state index in [2.05, 4.69) is 5.32 Å². The first kappa shape index (κ1) is 19.4. The van der Waals surface area contributed by atoms with E-state index in [-0.39, 0.29) is 22.3 Å². The quantitative estimate of drug-likeness (QED) is 0.588. The van der Waals surface area contributed by atoms with Gasteiger partial charge in [0.25, 0.3) is 15.7 Å². The molecule has 0 saturated heterocycles. The smallest absolute Gasteiger partial charge is 0.269 e. The lowest BCUT2D eigenvalue weighted by Gasteiger charge is -2.24. The Morgan fingerprint density at radius 2 is 1.69 bits per heavy atom. The molecule has 9 heteroatoms. The van der Waals surface area contributed by atoms with Gasteiger partial charge in [0.15, 0.2) is 0 Å². The van der Waals surface area contributed by atoms with E-state index < -0.39 is 27.4 Å². The van der Waals surface area contributed by atoms with Crippen LogP contribution >= 0.6 is 0 Å².